The summed E-state index contributed by atoms with van der Waals surface area (Å²) < 4.78 is 0. The minimum atomic E-state index is 0.385. The van der Waals surface area contributed by atoms with Crippen molar-refractivity contribution >= 4 is 34.9 Å². The Labute approximate surface area is 199 Å². The second-order valence-electron chi connectivity index (χ2n) is 7.59. The molecule has 166 valence electrons. The Morgan fingerprint density at radius 2 is 1.18 bits per heavy atom. The first-order valence-electron chi connectivity index (χ1n) is 10.8. The van der Waals surface area contributed by atoms with Gasteiger partial charge in [-0.05, 0) is 80.1 Å². The number of hydrogen-bond acceptors (Lipinski definition) is 6. The van der Waals surface area contributed by atoms with Gasteiger partial charge in [-0.2, -0.15) is 15.0 Å². The summed E-state index contributed by atoms with van der Waals surface area (Å²) >= 11 is 0. The van der Waals surface area contributed by atoms with Crippen LogP contribution in [0.15, 0.2) is 72.8 Å². The molecule has 0 saturated carbocycles. The van der Waals surface area contributed by atoms with Gasteiger partial charge in [-0.25, -0.2) is 0 Å². The van der Waals surface area contributed by atoms with Gasteiger partial charge in [0.1, 0.15) is 0 Å². The minimum Gasteiger partial charge on any atom is -0.324 e. The van der Waals surface area contributed by atoms with E-state index in [0.29, 0.717) is 17.8 Å². The van der Waals surface area contributed by atoms with Crippen LogP contribution in [-0.2, 0) is 0 Å². The molecule has 34 heavy (non-hydrogen) atoms. The van der Waals surface area contributed by atoms with Crippen molar-refractivity contribution in [3.8, 4) is 23.7 Å². The van der Waals surface area contributed by atoms with Crippen molar-refractivity contribution in [3.63, 3.8) is 0 Å². The van der Waals surface area contributed by atoms with Gasteiger partial charge in [-0.1, -0.05) is 48.2 Å². The van der Waals surface area contributed by atoms with E-state index < -0.39 is 0 Å². The van der Waals surface area contributed by atoms with Gasteiger partial charge in [0, 0.05) is 16.9 Å². The van der Waals surface area contributed by atoms with Gasteiger partial charge < -0.3 is 16.0 Å². The number of aromatic nitrogens is 3. The third-order valence-corrected chi connectivity index (χ3v) is 4.74. The van der Waals surface area contributed by atoms with E-state index in [1.54, 1.807) is 6.92 Å². The molecule has 0 bridgehead atoms. The van der Waals surface area contributed by atoms with Crippen molar-refractivity contribution in [2.24, 2.45) is 0 Å². The molecule has 6 nitrogen and oxygen atoms in total. The molecule has 0 saturated heterocycles. The van der Waals surface area contributed by atoms with Gasteiger partial charge in [-0.15, -0.1) is 0 Å². The maximum absolute atomic E-state index is 4.59. The first kappa shape index (κ1) is 22.4. The van der Waals surface area contributed by atoms with Crippen LogP contribution in [0.3, 0.4) is 0 Å². The largest absolute Gasteiger partial charge is 0.324 e. The summed E-state index contributed by atoms with van der Waals surface area (Å²) in [4.78, 5) is 13.8. The highest BCUT2D eigenvalue weighted by molar-refractivity contribution is 5.67. The van der Waals surface area contributed by atoms with Crippen molar-refractivity contribution in [1.29, 1.82) is 0 Å². The monoisotopic (exact) mass is 444 g/mol. The van der Waals surface area contributed by atoms with E-state index in [2.05, 4.69) is 54.6 Å². The fourth-order valence-electron chi connectivity index (χ4n) is 3.23. The van der Waals surface area contributed by atoms with Crippen LogP contribution in [0, 0.1) is 37.5 Å². The zero-order valence-electron chi connectivity index (χ0n) is 19.3. The van der Waals surface area contributed by atoms with Crippen molar-refractivity contribution in [1.82, 2.24) is 15.0 Å². The Balaban J connectivity index is 1.70. The molecule has 0 aliphatic heterocycles. The van der Waals surface area contributed by atoms with Crippen LogP contribution in [0.25, 0.3) is 0 Å². The molecule has 0 unspecified atom stereocenters. The standard InChI is InChI=1S/C28H24N6/c1-4-5-6-13-22-14-7-8-17-25(22)31-28-33-26(29-23-15-9-11-20(2)18-23)32-27(34-28)30-24-16-10-12-21(3)19-24/h7-12,14-19H,1-3H3,(H3,29,30,31,32,33,34). The molecule has 4 aromatic rings. The highest BCUT2D eigenvalue weighted by Gasteiger charge is 2.10. The summed E-state index contributed by atoms with van der Waals surface area (Å²) in [6.45, 7) is 5.84. The summed E-state index contributed by atoms with van der Waals surface area (Å²) in [6.07, 6.45) is 0. The van der Waals surface area contributed by atoms with E-state index in [9.17, 15) is 0 Å². The molecule has 0 aliphatic carbocycles. The third kappa shape index (κ3) is 6.12. The second kappa shape index (κ2) is 10.7. The van der Waals surface area contributed by atoms with Crippen LogP contribution in [-0.4, -0.2) is 15.0 Å². The number of rotatable bonds is 6. The minimum absolute atomic E-state index is 0.385. The molecule has 4 rings (SSSR count). The van der Waals surface area contributed by atoms with Crippen LogP contribution >= 0.6 is 0 Å². The van der Waals surface area contributed by atoms with Gasteiger partial charge in [-0.3, -0.25) is 0 Å². The van der Waals surface area contributed by atoms with Gasteiger partial charge in [0.05, 0.1) is 5.69 Å². The number of para-hydroxylation sites is 1. The Morgan fingerprint density at radius 1 is 0.618 bits per heavy atom. The van der Waals surface area contributed by atoms with Crippen LogP contribution in [0.1, 0.15) is 23.6 Å². The summed E-state index contributed by atoms with van der Waals surface area (Å²) in [5, 5.41) is 9.83. The van der Waals surface area contributed by atoms with Gasteiger partial charge in [0.25, 0.3) is 0 Å². The lowest BCUT2D eigenvalue weighted by atomic mass is 10.2. The second-order valence-corrected chi connectivity index (χ2v) is 7.59. The lowest BCUT2D eigenvalue weighted by molar-refractivity contribution is 1.06. The lowest BCUT2D eigenvalue weighted by Crippen LogP contribution is -2.08. The van der Waals surface area contributed by atoms with Gasteiger partial charge >= 0.3 is 0 Å². The Morgan fingerprint density at radius 3 is 1.74 bits per heavy atom. The van der Waals surface area contributed by atoms with Crippen molar-refractivity contribution in [2.45, 2.75) is 20.8 Å². The number of aryl methyl sites for hydroxylation is 2. The van der Waals surface area contributed by atoms with Crippen LogP contribution in [0.4, 0.5) is 34.9 Å². The van der Waals surface area contributed by atoms with E-state index >= 15 is 0 Å². The summed E-state index contributed by atoms with van der Waals surface area (Å²) in [6, 6.07) is 23.8. The van der Waals surface area contributed by atoms with Crippen LogP contribution in [0.2, 0.25) is 0 Å². The normalized spacial score (nSPS) is 9.74. The molecular formula is C28H24N6. The average Bonchev–Trinajstić information content (AvgIpc) is 2.80. The molecule has 6 heteroatoms. The molecule has 0 amide bonds. The highest BCUT2D eigenvalue weighted by atomic mass is 15.3. The SMILES string of the molecule is CC#CC#Cc1ccccc1Nc1nc(Nc2cccc(C)c2)nc(Nc2cccc(C)c2)n1. The van der Waals surface area contributed by atoms with Crippen LogP contribution in [0.5, 0.6) is 0 Å². The van der Waals surface area contributed by atoms with Crippen LogP contribution < -0.4 is 16.0 Å². The van der Waals surface area contributed by atoms with Crippen molar-refractivity contribution in [3.05, 3.63) is 89.5 Å². The molecule has 0 spiro atoms. The molecular weight excluding hydrogens is 420 g/mol. The lowest BCUT2D eigenvalue weighted by Gasteiger charge is -2.13. The van der Waals surface area contributed by atoms with E-state index in [1.807, 2.05) is 86.6 Å². The number of benzene rings is 3. The molecule has 0 radical (unpaired) electrons. The number of nitrogens with one attached hydrogen (secondary N) is 3. The molecule has 1 aromatic heterocycles. The van der Waals surface area contributed by atoms with Gasteiger partial charge in [0.15, 0.2) is 0 Å². The van der Waals surface area contributed by atoms with Gasteiger partial charge in [0.2, 0.25) is 17.8 Å². The zero-order chi connectivity index (χ0) is 23.8. The highest BCUT2D eigenvalue weighted by Crippen LogP contribution is 2.23. The topological polar surface area (TPSA) is 74.8 Å². The van der Waals surface area contributed by atoms with Crippen molar-refractivity contribution < 1.29 is 0 Å². The molecule has 0 aliphatic rings. The van der Waals surface area contributed by atoms with Crippen molar-refractivity contribution in [2.75, 3.05) is 16.0 Å². The number of anilines is 6. The van der Waals surface area contributed by atoms with E-state index in [1.165, 1.54) is 0 Å². The predicted molar refractivity (Wildman–Crippen MR) is 139 cm³/mol. The zero-order valence-corrected chi connectivity index (χ0v) is 19.3. The predicted octanol–water partition coefficient (Wildman–Crippen LogP) is 6.09. The fraction of sp³-hybridized carbons (Fsp3) is 0.107. The molecule has 1 heterocycles. The van der Waals surface area contributed by atoms with E-state index in [4.69, 9.17) is 0 Å². The number of nitrogens with zero attached hydrogens (tertiary/aromatic N) is 3. The fourth-order valence-corrected chi connectivity index (χ4v) is 3.23. The summed E-state index contributed by atoms with van der Waals surface area (Å²) in [5.74, 6) is 12.7. The smallest absolute Gasteiger partial charge is 0.233 e. The maximum atomic E-state index is 4.59. The quantitative estimate of drug-likeness (QED) is 0.312. The maximum Gasteiger partial charge on any atom is 0.233 e. The van der Waals surface area contributed by atoms with E-state index in [0.717, 1.165) is 33.8 Å². The summed E-state index contributed by atoms with van der Waals surface area (Å²) in [7, 11) is 0. The molecule has 3 aromatic carbocycles. The average molecular weight is 445 g/mol. The first-order chi connectivity index (χ1) is 16.6. The first-order valence-corrected chi connectivity index (χ1v) is 10.8. The Hall–Kier alpha value is -4.81. The summed E-state index contributed by atoms with van der Waals surface area (Å²) in [5.41, 5.74) is 5.64. The Bertz CT molecular complexity index is 1370. The third-order valence-electron chi connectivity index (χ3n) is 4.74. The Kier molecular flexibility index (Phi) is 7.03. The molecule has 3 N–H and O–H groups in total. The van der Waals surface area contributed by atoms with E-state index in [-0.39, 0.29) is 0 Å². The molecule has 0 atom stereocenters. The molecule has 0 fully saturated rings. The number of hydrogen-bond donors (Lipinski definition) is 3.